The zero-order valence-electron chi connectivity index (χ0n) is 14.6. The van der Waals surface area contributed by atoms with Gasteiger partial charge in [0.15, 0.2) is 0 Å². The number of rotatable bonds is 12. The zero-order valence-corrected chi connectivity index (χ0v) is 14.6. The minimum atomic E-state index is 0.613. The fraction of sp³-hybridized carbons (Fsp3) is 0.429. The van der Waals surface area contributed by atoms with Crippen molar-refractivity contribution in [3.8, 4) is 0 Å². The second kappa shape index (κ2) is 13.7. The molecule has 0 bridgehead atoms. The summed E-state index contributed by atoms with van der Waals surface area (Å²) in [6.45, 7) is 6.05. The van der Waals surface area contributed by atoms with Crippen LogP contribution in [0, 0.1) is 0 Å². The molecule has 0 unspecified atom stereocenters. The molecule has 2 heteroatoms. The molecule has 0 saturated carbocycles. The third-order valence-corrected chi connectivity index (χ3v) is 3.41. The van der Waals surface area contributed by atoms with E-state index in [-0.39, 0.29) is 0 Å². The van der Waals surface area contributed by atoms with Gasteiger partial charge in [0.2, 0.25) is 0 Å². The molecular formula is C21H31NO. The maximum absolute atomic E-state index is 5.94. The van der Waals surface area contributed by atoms with E-state index in [9.17, 15) is 0 Å². The second-order valence-electron chi connectivity index (χ2n) is 5.55. The fourth-order valence-corrected chi connectivity index (χ4v) is 2.00. The first-order chi connectivity index (χ1) is 11.4. The predicted octanol–water partition coefficient (Wildman–Crippen LogP) is 5.74. The molecule has 0 aliphatic rings. The van der Waals surface area contributed by atoms with Gasteiger partial charge in [-0.1, -0.05) is 63.1 Å². The Bertz CT molecular complexity index is 474. The summed E-state index contributed by atoms with van der Waals surface area (Å²) in [5.41, 5.74) is 1.19. The Labute approximate surface area is 142 Å². The average molecular weight is 313 g/mol. The van der Waals surface area contributed by atoms with Crippen LogP contribution in [0.5, 0.6) is 0 Å². The van der Waals surface area contributed by atoms with E-state index < -0.39 is 0 Å². The normalized spacial score (nSPS) is 12.2. The highest BCUT2D eigenvalue weighted by Crippen LogP contribution is 2.09. The lowest BCUT2D eigenvalue weighted by Crippen LogP contribution is -2.05. The van der Waals surface area contributed by atoms with Crippen LogP contribution in [0.2, 0.25) is 0 Å². The van der Waals surface area contributed by atoms with E-state index >= 15 is 0 Å². The highest BCUT2D eigenvalue weighted by molar-refractivity contribution is 5.19. The average Bonchev–Trinajstić information content (AvgIpc) is 2.59. The Balaban J connectivity index is 2.46. The summed E-state index contributed by atoms with van der Waals surface area (Å²) < 4.78 is 5.94. The van der Waals surface area contributed by atoms with Crippen molar-refractivity contribution < 1.29 is 4.74 Å². The first kappa shape index (κ1) is 19.1. The summed E-state index contributed by atoms with van der Waals surface area (Å²) in [7, 11) is 0. The maximum Gasteiger partial charge on any atom is 0.115 e. The van der Waals surface area contributed by atoms with Gasteiger partial charge in [-0.2, -0.15) is 0 Å². The number of nitrogens with one attached hydrogen (secondary N) is 1. The SMILES string of the molecule is CCCC\C=C(/C=C\C=C\NCCCC)OCc1ccccc1. The van der Waals surface area contributed by atoms with Crippen LogP contribution in [0.1, 0.15) is 51.5 Å². The van der Waals surface area contributed by atoms with Crippen LogP contribution in [-0.2, 0) is 11.3 Å². The van der Waals surface area contributed by atoms with Gasteiger partial charge in [0.1, 0.15) is 12.4 Å². The minimum Gasteiger partial charge on any atom is -0.489 e. The Morgan fingerprint density at radius 3 is 2.57 bits per heavy atom. The Morgan fingerprint density at radius 2 is 1.83 bits per heavy atom. The maximum atomic E-state index is 5.94. The van der Waals surface area contributed by atoms with Crippen molar-refractivity contribution in [3.05, 3.63) is 72.2 Å². The van der Waals surface area contributed by atoms with Gasteiger partial charge >= 0.3 is 0 Å². The molecule has 1 aromatic carbocycles. The van der Waals surface area contributed by atoms with Gasteiger partial charge in [-0.3, -0.25) is 0 Å². The predicted molar refractivity (Wildman–Crippen MR) is 100 cm³/mol. The Morgan fingerprint density at radius 1 is 1.04 bits per heavy atom. The van der Waals surface area contributed by atoms with Crippen LogP contribution in [-0.4, -0.2) is 6.54 Å². The number of ether oxygens (including phenoxy) is 1. The number of unbranched alkanes of at least 4 members (excludes halogenated alkanes) is 3. The molecule has 23 heavy (non-hydrogen) atoms. The standard InChI is InChI=1S/C21H31NO/c1-3-5-8-15-21(16-11-12-18-22-17-6-4-2)23-19-20-13-9-7-10-14-20/h7,9-16,18,22H,3-6,8,17,19H2,1-2H3/b16-11-,18-12+,21-15+. The monoisotopic (exact) mass is 313 g/mol. The van der Waals surface area contributed by atoms with Crippen LogP contribution in [0.3, 0.4) is 0 Å². The molecule has 1 rings (SSSR count). The van der Waals surface area contributed by atoms with E-state index in [4.69, 9.17) is 4.74 Å². The molecule has 2 nitrogen and oxygen atoms in total. The van der Waals surface area contributed by atoms with Crippen molar-refractivity contribution in [2.45, 2.75) is 52.6 Å². The van der Waals surface area contributed by atoms with Crippen LogP contribution in [0.15, 0.2) is 66.6 Å². The first-order valence-electron chi connectivity index (χ1n) is 8.80. The number of hydrogen-bond donors (Lipinski definition) is 1. The first-order valence-corrected chi connectivity index (χ1v) is 8.80. The van der Waals surface area contributed by atoms with Gasteiger partial charge in [-0.15, -0.1) is 0 Å². The van der Waals surface area contributed by atoms with Crippen molar-refractivity contribution in [2.75, 3.05) is 6.54 Å². The number of hydrogen-bond acceptors (Lipinski definition) is 2. The molecule has 0 heterocycles. The van der Waals surface area contributed by atoms with Gasteiger partial charge in [-0.25, -0.2) is 0 Å². The molecule has 0 saturated heterocycles. The highest BCUT2D eigenvalue weighted by Gasteiger charge is 1.95. The Hall–Kier alpha value is -1.96. The summed E-state index contributed by atoms with van der Waals surface area (Å²) in [6.07, 6.45) is 16.1. The quantitative estimate of drug-likeness (QED) is 0.302. The van der Waals surface area contributed by atoms with Crippen LogP contribution in [0.25, 0.3) is 0 Å². The molecule has 0 aromatic heterocycles. The molecule has 126 valence electrons. The van der Waals surface area contributed by atoms with Gasteiger partial charge in [0.05, 0.1) is 0 Å². The molecule has 0 aliphatic heterocycles. The summed E-state index contributed by atoms with van der Waals surface area (Å²) >= 11 is 0. The van der Waals surface area contributed by atoms with Crippen LogP contribution in [0.4, 0.5) is 0 Å². The largest absolute Gasteiger partial charge is 0.489 e. The third kappa shape index (κ3) is 10.4. The van der Waals surface area contributed by atoms with E-state index in [1.165, 1.54) is 31.2 Å². The van der Waals surface area contributed by atoms with Crippen molar-refractivity contribution in [1.29, 1.82) is 0 Å². The molecule has 0 fully saturated rings. The van der Waals surface area contributed by atoms with E-state index in [1.54, 1.807) is 0 Å². The lowest BCUT2D eigenvalue weighted by atomic mass is 10.2. The lowest BCUT2D eigenvalue weighted by Gasteiger charge is -2.07. The molecule has 0 spiro atoms. The van der Waals surface area contributed by atoms with Gasteiger partial charge in [0.25, 0.3) is 0 Å². The number of allylic oxidation sites excluding steroid dienone is 4. The van der Waals surface area contributed by atoms with E-state index in [0.717, 1.165) is 18.7 Å². The molecule has 1 N–H and O–H groups in total. The summed E-state index contributed by atoms with van der Waals surface area (Å²) in [5, 5.41) is 3.28. The van der Waals surface area contributed by atoms with Crippen LogP contribution < -0.4 is 5.32 Å². The summed E-state index contributed by atoms with van der Waals surface area (Å²) in [5.74, 6) is 0.945. The van der Waals surface area contributed by atoms with E-state index in [0.29, 0.717) is 6.61 Å². The van der Waals surface area contributed by atoms with Crippen molar-refractivity contribution >= 4 is 0 Å². The Kier molecular flexibility index (Phi) is 11.4. The second-order valence-corrected chi connectivity index (χ2v) is 5.55. The van der Waals surface area contributed by atoms with Crippen LogP contribution >= 0.6 is 0 Å². The van der Waals surface area contributed by atoms with Crippen molar-refractivity contribution in [2.24, 2.45) is 0 Å². The van der Waals surface area contributed by atoms with Gasteiger partial charge in [0, 0.05) is 6.54 Å². The fourth-order valence-electron chi connectivity index (χ4n) is 2.00. The van der Waals surface area contributed by atoms with Gasteiger partial charge < -0.3 is 10.1 Å². The molecule has 0 amide bonds. The molecule has 1 aromatic rings. The number of benzene rings is 1. The third-order valence-electron chi connectivity index (χ3n) is 3.41. The molecule has 0 aliphatic carbocycles. The lowest BCUT2D eigenvalue weighted by molar-refractivity contribution is 0.210. The summed E-state index contributed by atoms with van der Waals surface area (Å²) in [6, 6.07) is 10.3. The smallest absolute Gasteiger partial charge is 0.115 e. The van der Waals surface area contributed by atoms with Crippen molar-refractivity contribution in [3.63, 3.8) is 0 Å². The summed E-state index contributed by atoms with van der Waals surface area (Å²) in [4.78, 5) is 0. The molecule has 0 radical (unpaired) electrons. The highest BCUT2D eigenvalue weighted by atomic mass is 16.5. The topological polar surface area (TPSA) is 21.3 Å². The van der Waals surface area contributed by atoms with Gasteiger partial charge in [-0.05, 0) is 49.3 Å². The minimum absolute atomic E-state index is 0.613. The van der Waals surface area contributed by atoms with E-state index in [1.807, 2.05) is 42.6 Å². The van der Waals surface area contributed by atoms with E-state index in [2.05, 4.69) is 37.4 Å². The van der Waals surface area contributed by atoms with Crippen molar-refractivity contribution in [1.82, 2.24) is 5.32 Å². The molecule has 0 atom stereocenters. The zero-order chi connectivity index (χ0) is 16.6. The molecular weight excluding hydrogens is 282 g/mol.